The van der Waals surface area contributed by atoms with E-state index in [-0.39, 0.29) is 17.5 Å². The molecule has 1 fully saturated rings. The average molecular weight is 282 g/mol. The van der Waals surface area contributed by atoms with E-state index in [0.717, 1.165) is 18.9 Å². The van der Waals surface area contributed by atoms with Crippen LogP contribution in [0.15, 0.2) is 12.1 Å². The van der Waals surface area contributed by atoms with Crippen molar-refractivity contribution in [2.45, 2.75) is 32.7 Å². The SMILES string of the molecule is Cc1ccc(F)c(C(=O)N2CCCC(C(C)N)C2)c1F. The van der Waals surface area contributed by atoms with Gasteiger partial charge in [0.05, 0.1) is 0 Å². The first kappa shape index (κ1) is 14.9. The molecular weight excluding hydrogens is 262 g/mol. The van der Waals surface area contributed by atoms with E-state index in [1.54, 1.807) is 0 Å². The molecular formula is C15H20F2N2O. The molecule has 0 bridgehead atoms. The maximum Gasteiger partial charge on any atom is 0.259 e. The number of carbonyl (C=O) groups is 1. The second-order valence-corrected chi connectivity index (χ2v) is 5.57. The van der Waals surface area contributed by atoms with Crippen LogP contribution in [0.5, 0.6) is 0 Å². The van der Waals surface area contributed by atoms with Gasteiger partial charge in [-0.25, -0.2) is 8.78 Å². The fraction of sp³-hybridized carbons (Fsp3) is 0.533. The smallest absolute Gasteiger partial charge is 0.259 e. The lowest BCUT2D eigenvalue weighted by atomic mass is 9.91. The van der Waals surface area contributed by atoms with Crippen LogP contribution >= 0.6 is 0 Å². The normalized spacial score (nSPS) is 20.9. The van der Waals surface area contributed by atoms with Gasteiger partial charge in [-0.2, -0.15) is 0 Å². The topological polar surface area (TPSA) is 46.3 Å². The number of hydrogen-bond acceptors (Lipinski definition) is 2. The van der Waals surface area contributed by atoms with Crippen LogP contribution in [0.2, 0.25) is 0 Å². The molecule has 0 aliphatic carbocycles. The van der Waals surface area contributed by atoms with Crippen LogP contribution in [0.1, 0.15) is 35.7 Å². The molecule has 2 atom stereocenters. The van der Waals surface area contributed by atoms with Crippen LogP contribution in [-0.4, -0.2) is 29.9 Å². The summed E-state index contributed by atoms with van der Waals surface area (Å²) in [5.74, 6) is -1.96. The summed E-state index contributed by atoms with van der Waals surface area (Å²) < 4.78 is 27.8. The number of halogens is 2. The molecule has 1 aromatic carbocycles. The molecule has 0 aromatic heterocycles. The highest BCUT2D eigenvalue weighted by atomic mass is 19.1. The number of nitrogens with zero attached hydrogens (tertiary/aromatic N) is 1. The fourth-order valence-corrected chi connectivity index (χ4v) is 2.63. The Balaban J connectivity index is 2.25. The predicted octanol–water partition coefficient (Wildman–Crippen LogP) is 2.47. The van der Waals surface area contributed by atoms with E-state index in [1.807, 2.05) is 6.92 Å². The van der Waals surface area contributed by atoms with E-state index < -0.39 is 23.1 Å². The zero-order valence-corrected chi connectivity index (χ0v) is 11.8. The lowest BCUT2D eigenvalue weighted by molar-refractivity contribution is 0.0651. The number of aryl methyl sites for hydroxylation is 1. The van der Waals surface area contributed by atoms with Crippen molar-refractivity contribution >= 4 is 5.91 Å². The van der Waals surface area contributed by atoms with Crippen LogP contribution in [0.25, 0.3) is 0 Å². The van der Waals surface area contributed by atoms with Gasteiger partial charge < -0.3 is 10.6 Å². The van der Waals surface area contributed by atoms with Gasteiger partial charge in [0.2, 0.25) is 0 Å². The van der Waals surface area contributed by atoms with E-state index in [1.165, 1.54) is 17.9 Å². The first-order valence-corrected chi connectivity index (χ1v) is 6.91. The van der Waals surface area contributed by atoms with E-state index >= 15 is 0 Å². The third-order valence-corrected chi connectivity index (χ3v) is 3.99. The van der Waals surface area contributed by atoms with E-state index in [2.05, 4.69) is 0 Å². The quantitative estimate of drug-likeness (QED) is 0.905. The molecule has 1 saturated heterocycles. The number of likely N-dealkylation sites (tertiary alicyclic amines) is 1. The average Bonchev–Trinajstić information content (AvgIpc) is 2.43. The Morgan fingerprint density at radius 2 is 2.15 bits per heavy atom. The third-order valence-electron chi connectivity index (χ3n) is 3.99. The minimum absolute atomic E-state index is 0.0298. The third kappa shape index (κ3) is 2.82. The van der Waals surface area contributed by atoms with Gasteiger partial charge in [0, 0.05) is 19.1 Å². The fourth-order valence-electron chi connectivity index (χ4n) is 2.63. The van der Waals surface area contributed by atoms with Gasteiger partial charge in [0.1, 0.15) is 17.2 Å². The van der Waals surface area contributed by atoms with Gasteiger partial charge in [0.15, 0.2) is 0 Å². The van der Waals surface area contributed by atoms with E-state index in [4.69, 9.17) is 5.73 Å². The number of piperidine rings is 1. The lowest BCUT2D eigenvalue weighted by Crippen LogP contribution is -2.45. The number of rotatable bonds is 2. The Kier molecular flexibility index (Phi) is 4.38. The largest absolute Gasteiger partial charge is 0.338 e. The summed E-state index contributed by atoms with van der Waals surface area (Å²) in [5.41, 5.74) is 5.69. The zero-order valence-electron chi connectivity index (χ0n) is 11.8. The number of benzene rings is 1. The minimum Gasteiger partial charge on any atom is -0.338 e. The van der Waals surface area contributed by atoms with Crippen molar-refractivity contribution < 1.29 is 13.6 Å². The van der Waals surface area contributed by atoms with Crippen molar-refractivity contribution in [3.05, 3.63) is 34.9 Å². The summed E-state index contributed by atoms with van der Waals surface area (Å²) in [4.78, 5) is 13.9. The van der Waals surface area contributed by atoms with Gasteiger partial charge in [-0.3, -0.25) is 4.79 Å². The van der Waals surface area contributed by atoms with E-state index in [9.17, 15) is 13.6 Å². The number of amides is 1. The Labute approximate surface area is 117 Å². The molecule has 1 heterocycles. The molecule has 110 valence electrons. The number of carbonyl (C=O) groups excluding carboxylic acids is 1. The van der Waals surface area contributed by atoms with Gasteiger partial charge >= 0.3 is 0 Å². The van der Waals surface area contributed by atoms with Gasteiger partial charge in [-0.05, 0) is 44.2 Å². The van der Waals surface area contributed by atoms with Gasteiger partial charge in [-0.15, -0.1) is 0 Å². The lowest BCUT2D eigenvalue weighted by Gasteiger charge is -2.34. The van der Waals surface area contributed by atoms with Crippen molar-refractivity contribution in [3.8, 4) is 0 Å². The molecule has 1 aliphatic heterocycles. The molecule has 5 heteroatoms. The van der Waals surface area contributed by atoms with Crippen molar-refractivity contribution in [2.75, 3.05) is 13.1 Å². The molecule has 0 radical (unpaired) electrons. The van der Waals surface area contributed by atoms with Crippen molar-refractivity contribution in [3.63, 3.8) is 0 Å². The maximum absolute atomic E-state index is 14.0. The highest BCUT2D eigenvalue weighted by molar-refractivity contribution is 5.95. The van der Waals surface area contributed by atoms with Crippen molar-refractivity contribution in [1.82, 2.24) is 4.90 Å². The number of nitrogens with two attached hydrogens (primary N) is 1. The highest BCUT2D eigenvalue weighted by Gasteiger charge is 2.29. The molecule has 1 aliphatic rings. The molecule has 2 N–H and O–H groups in total. The summed E-state index contributed by atoms with van der Waals surface area (Å²) >= 11 is 0. The van der Waals surface area contributed by atoms with Crippen LogP contribution in [0.3, 0.4) is 0 Å². The maximum atomic E-state index is 14.0. The molecule has 1 amide bonds. The molecule has 0 spiro atoms. The molecule has 1 aromatic rings. The molecule has 0 saturated carbocycles. The Morgan fingerprint density at radius 3 is 2.80 bits per heavy atom. The molecule has 2 unspecified atom stereocenters. The first-order chi connectivity index (χ1) is 9.41. The van der Waals surface area contributed by atoms with Crippen LogP contribution in [0.4, 0.5) is 8.78 Å². The summed E-state index contributed by atoms with van der Waals surface area (Å²) in [6.07, 6.45) is 1.76. The number of hydrogen-bond donors (Lipinski definition) is 1. The Hall–Kier alpha value is -1.49. The van der Waals surface area contributed by atoms with Crippen LogP contribution < -0.4 is 5.73 Å². The zero-order chi connectivity index (χ0) is 14.9. The second-order valence-electron chi connectivity index (χ2n) is 5.57. The van der Waals surface area contributed by atoms with Crippen LogP contribution in [-0.2, 0) is 0 Å². The monoisotopic (exact) mass is 282 g/mol. The molecule has 20 heavy (non-hydrogen) atoms. The second kappa shape index (κ2) is 5.87. The molecule has 2 rings (SSSR count). The Morgan fingerprint density at radius 1 is 1.45 bits per heavy atom. The summed E-state index contributed by atoms with van der Waals surface area (Å²) in [7, 11) is 0. The summed E-state index contributed by atoms with van der Waals surface area (Å²) in [6.45, 7) is 4.40. The Bertz CT molecular complexity index is 517. The van der Waals surface area contributed by atoms with Crippen molar-refractivity contribution in [1.29, 1.82) is 0 Å². The van der Waals surface area contributed by atoms with Gasteiger partial charge in [0.25, 0.3) is 5.91 Å². The summed E-state index contributed by atoms with van der Waals surface area (Å²) in [5, 5.41) is 0. The van der Waals surface area contributed by atoms with Crippen molar-refractivity contribution in [2.24, 2.45) is 11.7 Å². The van der Waals surface area contributed by atoms with Crippen LogP contribution in [0, 0.1) is 24.5 Å². The van der Waals surface area contributed by atoms with E-state index in [0.29, 0.717) is 13.1 Å². The standard InChI is InChI=1S/C15H20F2N2O/c1-9-5-6-12(16)13(14(9)17)15(20)19-7-3-4-11(8-19)10(2)18/h5-6,10-11H,3-4,7-8,18H2,1-2H3. The minimum atomic E-state index is -0.805. The first-order valence-electron chi connectivity index (χ1n) is 6.91. The molecule has 3 nitrogen and oxygen atoms in total. The predicted molar refractivity (Wildman–Crippen MR) is 73.4 cm³/mol. The highest BCUT2D eigenvalue weighted by Crippen LogP contribution is 2.23. The van der Waals surface area contributed by atoms with Gasteiger partial charge in [-0.1, -0.05) is 6.07 Å². The summed E-state index contributed by atoms with van der Waals surface area (Å²) in [6, 6.07) is 2.44.